The fourth-order valence-corrected chi connectivity index (χ4v) is 2.34. The Labute approximate surface area is 118 Å². The Morgan fingerprint density at radius 2 is 2.40 bits per heavy atom. The number of nitrogens with two attached hydrogens (primary N) is 1. The number of rotatable bonds is 5. The molecule has 1 aliphatic rings. The topological polar surface area (TPSA) is 55.6 Å². The van der Waals surface area contributed by atoms with Gasteiger partial charge < -0.3 is 15.3 Å². The van der Waals surface area contributed by atoms with E-state index in [1.54, 1.807) is 6.07 Å². The Morgan fingerprint density at radius 1 is 1.60 bits per heavy atom. The van der Waals surface area contributed by atoms with Gasteiger partial charge in [-0.25, -0.2) is 4.39 Å². The third-order valence-corrected chi connectivity index (χ3v) is 3.61. The van der Waals surface area contributed by atoms with E-state index in [4.69, 9.17) is 10.5 Å². The van der Waals surface area contributed by atoms with E-state index in [9.17, 15) is 9.18 Å². The van der Waals surface area contributed by atoms with Crippen LogP contribution >= 0.6 is 0 Å². The summed E-state index contributed by atoms with van der Waals surface area (Å²) in [5, 5.41) is 0. The SMILES string of the molecule is CN1CCc2cc(OCC(=CF)CN)ccc2C1C=O. The molecule has 20 heavy (non-hydrogen) atoms. The highest BCUT2D eigenvalue weighted by Crippen LogP contribution is 2.30. The van der Waals surface area contributed by atoms with Gasteiger partial charge in [0.2, 0.25) is 0 Å². The van der Waals surface area contributed by atoms with Crippen molar-refractivity contribution in [2.45, 2.75) is 12.5 Å². The van der Waals surface area contributed by atoms with Gasteiger partial charge in [0.15, 0.2) is 0 Å². The Kier molecular flexibility index (Phi) is 4.87. The molecule has 0 aromatic heterocycles. The second kappa shape index (κ2) is 6.63. The lowest BCUT2D eigenvalue weighted by Crippen LogP contribution is -2.32. The molecular formula is C15H19FN2O2. The first kappa shape index (κ1) is 14.7. The number of aldehydes is 1. The van der Waals surface area contributed by atoms with Crippen molar-refractivity contribution in [2.24, 2.45) is 5.73 Å². The van der Waals surface area contributed by atoms with Crippen LogP contribution in [0.15, 0.2) is 30.1 Å². The van der Waals surface area contributed by atoms with Crippen molar-refractivity contribution in [2.75, 3.05) is 26.7 Å². The highest BCUT2D eigenvalue weighted by atomic mass is 19.1. The number of hydrogen-bond acceptors (Lipinski definition) is 4. The lowest BCUT2D eigenvalue weighted by Gasteiger charge is -2.31. The molecule has 1 aromatic carbocycles. The van der Waals surface area contributed by atoms with Crippen LogP contribution in [0.4, 0.5) is 4.39 Å². The van der Waals surface area contributed by atoms with Crippen molar-refractivity contribution < 1.29 is 13.9 Å². The minimum absolute atomic E-state index is 0.138. The van der Waals surface area contributed by atoms with Crippen LogP contribution in [0, 0.1) is 0 Å². The van der Waals surface area contributed by atoms with Gasteiger partial charge in [0.25, 0.3) is 0 Å². The molecule has 0 amide bonds. The monoisotopic (exact) mass is 278 g/mol. The van der Waals surface area contributed by atoms with Gasteiger partial charge in [0.05, 0.1) is 12.4 Å². The average molecular weight is 278 g/mol. The van der Waals surface area contributed by atoms with Crippen LogP contribution in [-0.2, 0) is 11.2 Å². The summed E-state index contributed by atoms with van der Waals surface area (Å²) < 4.78 is 17.9. The first-order valence-corrected chi connectivity index (χ1v) is 6.59. The summed E-state index contributed by atoms with van der Waals surface area (Å²) in [5.41, 5.74) is 7.91. The average Bonchev–Trinajstić information content (AvgIpc) is 2.48. The molecule has 0 spiro atoms. The second-order valence-electron chi connectivity index (χ2n) is 4.93. The molecular weight excluding hydrogens is 259 g/mol. The molecule has 2 rings (SSSR count). The Hall–Kier alpha value is -1.72. The van der Waals surface area contributed by atoms with Crippen molar-refractivity contribution in [1.29, 1.82) is 0 Å². The molecule has 2 N–H and O–H groups in total. The zero-order valence-corrected chi connectivity index (χ0v) is 11.5. The van der Waals surface area contributed by atoms with Gasteiger partial charge in [-0.1, -0.05) is 6.07 Å². The maximum atomic E-state index is 12.4. The van der Waals surface area contributed by atoms with E-state index < -0.39 is 0 Å². The Morgan fingerprint density at radius 3 is 3.05 bits per heavy atom. The Bertz CT molecular complexity index is 517. The Balaban J connectivity index is 2.14. The van der Waals surface area contributed by atoms with Crippen molar-refractivity contribution in [3.8, 4) is 5.75 Å². The van der Waals surface area contributed by atoms with Crippen LogP contribution in [-0.4, -0.2) is 37.9 Å². The van der Waals surface area contributed by atoms with Gasteiger partial charge in [-0.3, -0.25) is 4.90 Å². The summed E-state index contributed by atoms with van der Waals surface area (Å²) in [5.74, 6) is 0.672. The molecule has 1 aliphatic heterocycles. The molecule has 1 heterocycles. The third-order valence-electron chi connectivity index (χ3n) is 3.61. The summed E-state index contributed by atoms with van der Waals surface area (Å²) in [6.07, 6.45) is 2.31. The molecule has 0 saturated heterocycles. The third kappa shape index (κ3) is 3.05. The van der Waals surface area contributed by atoms with E-state index in [0.717, 1.165) is 30.4 Å². The van der Waals surface area contributed by atoms with Crippen LogP contribution in [0.3, 0.4) is 0 Å². The van der Waals surface area contributed by atoms with Gasteiger partial charge in [0, 0.05) is 18.7 Å². The number of nitrogens with zero attached hydrogens (tertiary/aromatic N) is 1. The predicted octanol–water partition coefficient (Wildman–Crippen LogP) is 1.61. The van der Waals surface area contributed by atoms with Gasteiger partial charge >= 0.3 is 0 Å². The molecule has 0 bridgehead atoms. The summed E-state index contributed by atoms with van der Waals surface area (Å²) >= 11 is 0. The normalized spacial score (nSPS) is 19.6. The smallest absolute Gasteiger partial charge is 0.141 e. The molecule has 1 aromatic rings. The summed E-state index contributed by atoms with van der Waals surface area (Å²) in [7, 11) is 1.94. The minimum Gasteiger partial charge on any atom is -0.489 e. The number of fused-ring (bicyclic) bond motifs is 1. The minimum atomic E-state index is -0.196. The fraction of sp³-hybridized carbons (Fsp3) is 0.400. The number of hydrogen-bond donors (Lipinski definition) is 1. The van der Waals surface area contributed by atoms with Gasteiger partial charge in [-0.2, -0.15) is 0 Å². The largest absolute Gasteiger partial charge is 0.489 e. The van der Waals surface area contributed by atoms with Crippen LogP contribution in [0.2, 0.25) is 0 Å². The lowest BCUT2D eigenvalue weighted by molar-refractivity contribution is -0.112. The molecule has 0 saturated carbocycles. The molecule has 0 radical (unpaired) electrons. The van der Waals surface area contributed by atoms with Crippen LogP contribution in [0.5, 0.6) is 5.75 Å². The van der Waals surface area contributed by atoms with E-state index in [1.165, 1.54) is 0 Å². The summed E-state index contributed by atoms with van der Waals surface area (Å²) in [6.45, 7) is 1.11. The number of carbonyl (C=O) groups is 1. The molecule has 0 aliphatic carbocycles. The van der Waals surface area contributed by atoms with E-state index in [2.05, 4.69) is 0 Å². The van der Waals surface area contributed by atoms with Crippen LogP contribution in [0.1, 0.15) is 17.2 Å². The van der Waals surface area contributed by atoms with Gasteiger partial charge in [0.1, 0.15) is 18.6 Å². The standard InChI is InChI=1S/C15H19FN2O2/c1-18-5-4-12-6-13(20-10-11(7-16)8-17)2-3-14(12)15(18)9-19/h2-3,6-7,9,15H,4-5,8,10,17H2,1H3. The molecule has 0 fully saturated rings. The van der Waals surface area contributed by atoms with E-state index in [1.807, 2.05) is 24.1 Å². The zero-order chi connectivity index (χ0) is 14.5. The molecule has 108 valence electrons. The van der Waals surface area contributed by atoms with E-state index in [0.29, 0.717) is 17.7 Å². The summed E-state index contributed by atoms with van der Waals surface area (Å²) in [4.78, 5) is 13.2. The first-order valence-electron chi connectivity index (χ1n) is 6.59. The maximum Gasteiger partial charge on any atom is 0.141 e. The molecule has 4 nitrogen and oxygen atoms in total. The van der Waals surface area contributed by atoms with Crippen LogP contribution in [0.25, 0.3) is 0 Å². The van der Waals surface area contributed by atoms with Crippen molar-refractivity contribution in [3.63, 3.8) is 0 Å². The predicted molar refractivity (Wildman–Crippen MR) is 75.3 cm³/mol. The van der Waals surface area contributed by atoms with E-state index >= 15 is 0 Å². The zero-order valence-electron chi connectivity index (χ0n) is 11.5. The number of ether oxygens (including phenoxy) is 1. The number of carbonyl (C=O) groups excluding carboxylic acids is 1. The fourth-order valence-electron chi connectivity index (χ4n) is 2.34. The highest BCUT2D eigenvalue weighted by Gasteiger charge is 2.24. The van der Waals surface area contributed by atoms with Crippen molar-refractivity contribution >= 4 is 6.29 Å². The van der Waals surface area contributed by atoms with Crippen molar-refractivity contribution in [3.05, 3.63) is 41.2 Å². The van der Waals surface area contributed by atoms with Crippen LogP contribution < -0.4 is 10.5 Å². The second-order valence-corrected chi connectivity index (χ2v) is 4.93. The first-order chi connectivity index (χ1) is 9.69. The quantitative estimate of drug-likeness (QED) is 0.831. The van der Waals surface area contributed by atoms with Crippen molar-refractivity contribution in [1.82, 2.24) is 4.90 Å². The van der Waals surface area contributed by atoms with Gasteiger partial charge in [-0.05, 0) is 36.7 Å². The van der Waals surface area contributed by atoms with E-state index in [-0.39, 0.29) is 19.2 Å². The number of halogens is 1. The summed E-state index contributed by atoms with van der Waals surface area (Å²) in [6, 6.07) is 5.44. The molecule has 1 atom stereocenters. The highest BCUT2D eigenvalue weighted by molar-refractivity contribution is 5.64. The molecule has 5 heteroatoms. The van der Waals surface area contributed by atoms with Gasteiger partial charge in [-0.15, -0.1) is 0 Å². The number of likely N-dealkylation sites (N-methyl/N-ethyl adjacent to an activating group) is 1. The lowest BCUT2D eigenvalue weighted by atomic mass is 9.93. The number of benzene rings is 1. The maximum absolute atomic E-state index is 12.4. The molecule has 1 unspecified atom stereocenters.